The molecule has 0 aliphatic carbocycles. The van der Waals surface area contributed by atoms with Crippen LogP contribution >= 0.6 is 55.4 Å². The molecule has 276 valence electrons. The number of halogens is 5. The number of rotatable bonds is 26. The van der Waals surface area contributed by atoms with Crippen LogP contribution in [0.25, 0.3) is 0 Å². The minimum atomic E-state index is -2.33. The molecule has 0 aromatic carbocycles. The van der Waals surface area contributed by atoms with Gasteiger partial charge in [0.15, 0.2) is 7.38 Å². The number of nitrogens with zero attached hydrogens (tertiary/aromatic N) is 1. The Kier molecular flexibility index (Phi) is 47.9. The zero-order chi connectivity index (χ0) is 35.4. The Bertz CT molecular complexity index is 553. The van der Waals surface area contributed by atoms with Gasteiger partial charge in [-0.05, 0) is 33.5 Å². The normalized spacial score (nSPS) is 12.1. The van der Waals surface area contributed by atoms with Crippen LogP contribution in [0.15, 0.2) is 12.3 Å². The molecule has 0 radical (unpaired) electrons. The van der Waals surface area contributed by atoms with Gasteiger partial charge in [-0.3, -0.25) is 0 Å². The lowest BCUT2D eigenvalue weighted by Crippen LogP contribution is -2.24. The van der Waals surface area contributed by atoms with Crippen molar-refractivity contribution in [2.45, 2.75) is 207 Å². The molecule has 0 bridgehead atoms. The maximum absolute atomic E-state index is 5.80. The zero-order valence-electron chi connectivity index (χ0n) is 31.7. The maximum atomic E-state index is 5.80. The molecular formula is C36H80Cl5NSi3. The second kappa shape index (κ2) is 40.2. The van der Waals surface area contributed by atoms with E-state index in [0.29, 0.717) is 0 Å². The summed E-state index contributed by atoms with van der Waals surface area (Å²) in [7, 11) is 2.31. The molecule has 0 fully saturated rings. The lowest BCUT2D eigenvalue weighted by Gasteiger charge is -2.19. The summed E-state index contributed by atoms with van der Waals surface area (Å²) >= 11 is 28.6. The molecule has 0 spiro atoms. The SMILES string of the molecule is C=C[Si](C)(C)Cl.CCCCCCCCCCCCCCCC(C)N(C)C.CCCCCCCCCCC[Si](Cl)(Cl)Cl.C[SiH](C)Cl. The van der Waals surface area contributed by atoms with Gasteiger partial charge in [-0.15, -0.1) is 39.8 Å². The molecule has 0 saturated carbocycles. The zero-order valence-corrected chi connectivity index (χ0v) is 38.7. The standard InChI is InChI=1S/C19H41N.C11H23Cl3Si.C4H9ClSi.C2H7ClSi/c1-5-6-7-8-9-10-11-12-13-14-15-16-17-18-19(2)20(3)4;1-2-3-4-5-6-7-8-9-10-11-15(12,13)14;1-4-6(2,3)5;1-4(2)3/h19H,5-18H2,1-4H3;2-11H2,1H3;4H,1H2,2-3H3;4H,1-2H3. The first-order valence-corrected chi connectivity index (χ1v) is 32.1. The summed E-state index contributed by atoms with van der Waals surface area (Å²) < 4.78 is 0. The molecule has 0 N–H and O–H groups in total. The minimum Gasteiger partial charge on any atom is -0.307 e. The molecule has 0 aromatic heterocycles. The third-order valence-corrected chi connectivity index (χ3v) is 11.7. The van der Waals surface area contributed by atoms with Crippen molar-refractivity contribution in [3.05, 3.63) is 12.3 Å². The smallest absolute Gasteiger partial charge is 0.307 e. The van der Waals surface area contributed by atoms with E-state index in [1.165, 1.54) is 141 Å². The van der Waals surface area contributed by atoms with Crippen molar-refractivity contribution in [1.82, 2.24) is 4.90 Å². The Hall–Kier alpha value is 1.80. The van der Waals surface area contributed by atoms with E-state index < -0.39 is 21.5 Å². The fourth-order valence-electron chi connectivity index (χ4n) is 4.35. The molecule has 0 rings (SSSR count). The van der Waals surface area contributed by atoms with Gasteiger partial charge in [0.25, 0.3) is 0 Å². The van der Waals surface area contributed by atoms with Crippen LogP contribution in [0.3, 0.4) is 0 Å². The summed E-state index contributed by atoms with van der Waals surface area (Å²) in [6.07, 6.45) is 32.1. The van der Waals surface area contributed by atoms with Crippen LogP contribution in [-0.4, -0.2) is 46.5 Å². The molecule has 1 unspecified atom stereocenters. The van der Waals surface area contributed by atoms with E-state index >= 15 is 0 Å². The predicted molar refractivity (Wildman–Crippen MR) is 227 cm³/mol. The molecule has 0 heterocycles. The van der Waals surface area contributed by atoms with Gasteiger partial charge in [-0.2, -0.15) is 22.2 Å². The number of hydrogen-bond acceptors (Lipinski definition) is 1. The van der Waals surface area contributed by atoms with E-state index in [1.54, 1.807) is 0 Å². The summed E-state index contributed by atoms with van der Waals surface area (Å²) in [5.41, 5.74) is 1.84. The molecule has 0 saturated heterocycles. The summed E-state index contributed by atoms with van der Waals surface area (Å²) in [6.45, 7) is 18.6. The highest BCUT2D eigenvalue weighted by Crippen LogP contribution is 2.27. The van der Waals surface area contributed by atoms with Crippen molar-refractivity contribution in [3.63, 3.8) is 0 Å². The molecular weight excluding hydrogens is 708 g/mol. The molecule has 1 atom stereocenters. The first-order chi connectivity index (χ1) is 21.0. The third-order valence-electron chi connectivity index (χ3n) is 7.66. The summed E-state index contributed by atoms with van der Waals surface area (Å²) in [4.78, 5) is 2.33. The van der Waals surface area contributed by atoms with Crippen LogP contribution in [0, 0.1) is 0 Å². The average molecular weight is 789 g/mol. The highest BCUT2D eigenvalue weighted by atomic mass is 35.8. The van der Waals surface area contributed by atoms with E-state index in [0.717, 1.165) is 18.5 Å². The van der Waals surface area contributed by atoms with Crippen LogP contribution < -0.4 is 0 Å². The Balaban J connectivity index is -0.000000293. The maximum Gasteiger partial charge on any atom is 0.341 e. The summed E-state index contributed by atoms with van der Waals surface area (Å²) in [5.74, 6) is 0. The van der Waals surface area contributed by atoms with Crippen LogP contribution in [0.4, 0.5) is 0 Å². The van der Waals surface area contributed by atoms with E-state index in [9.17, 15) is 0 Å². The topological polar surface area (TPSA) is 3.24 Å². The molecule has 0 aromatic rings. The van der Waals surface area contributed by atoms with E-state index in [1.807, 2.05) is 18.8 Å². The third kappa shape index (κ3) is 68.6. The van der Waals surface area contributed by atoms with Gasteiger partial charge >= 0.3 is 6.00 Å². The fourth-order valence-corrected chi connectivity index (χ4v) is 6.21. The first kappa shape index (κ1) is 53.6. The highest BCUT2D eigenvalue weighted by Gasteiger charge is 2.23. The number of hydrogen-bond donors (Lipinski definition) is 0. The summed E-state index contributed by atoms with van der Waals surface area (Å²) in [5, 5.41) is 0. The molecule has 1 nitrogen and oxygen atoms in total. The Morgan fingerprint density at radius 1 is 0.600 bits per heavy atom. The fraction of sp³-hybridized carbons (Fsp3) is 0.944. The summed E-state index contributed by atoms with van der Waals surface area (Å²) in [6, 6.07) is -0.747. The predicted octanol–water partition coefficient (Wildman–Crippen LogP) is 16.0. The molecule has 45 heavy (non-hydrogen) atoms. The second-order valence-electron chi connectivity index (χ2n) is 13.8. The Morgan fingerprint density at radius 2 is 0.844 bits per heavy atom. The van der Waals surface area contributed by atoms with Crippen molar-refractivity contribution >= 4 is 76.9 Å². The number of unbranched alkanes of at least 4 members (excludes halogenated alkanes) is 20. The van der Waals surface area contributed by atoms with Gasteiger partial charge in [0, 0.05) is 6.04 Å². The highest BCUT2D eigenvalue weighted by molar-refractivity contribution is 7.64. The first-order valence-electron chi connectivity index (χ1n) is 18.7. The second-order valence-corrected chi connectivity index (χ2v) is 34.2. The quantitative estimate of drug-likeness (QED) is 0.0479. The largest absolute Gasteiger partial charge is 0.341 e. The van der Waals surface area contributed by atoms with Crippen molar-refractivity contribution in [3.8, 4) is 0 Å². The lowest BCUT2D eigenvalue weighted by atomic mass is 10.0. The van der Waals surface area contributed by atoms with Crippen molar-refractivity contribution in [2.24, 2.45) is 0 Å². The van der Waals surface area contributed by atoms with Crippen LogP contribution in [-0.2, 0) is 0 Å². The van der Waals surface area contributed by atoms with Crippen molar-refractivity contribution in [2.75, 3.05) is 14.1 Å². The van der Waals surface area contributed by atoms with Gasteiger partial charge < -0.3 is 4.90 Å². The monoisotopic (exact) mass is 785 g/mol. The Labute approximate surface area is 312 Å². The van der Waals surface area contributed by atoms with Crippen LogP contribution in [0.5, 0.6) is 0 Å². The minimum absolute atomic E-state index is 0.667. The average Bonchev–Trinajstić information content (AvgIpc) is 2.94. The molecule has 0 amide bonds. The van der Waals surface area contributed by atoms with Crippen LogP contribution in [0.2, 0.25) is 32.2 Å². The van der Waals surface area contributed by atoms with Gasteiger partial charge in [0.1, 0.15) is 8.11 Å². The van der Waals surface area contributed by atoms with E-state index in [4.69, 9.17) is 55.4 Å². The van der Waals surface area contributed by atoms with Gasteiger partial charge in [0.2, 0.25) is 0 Å². The molecule has 9 heteroatoms. The molecule has 0 aliphatic heterocycles. The van der Waals surface area contributed by atoms with Crippen molar-refractivity contribution in [1.29, 1.82) is 0 Å². The van der Waals surface area contributed by atoms with Gasteiger partial charge in [0.05, 0.1) is 0 Å². The van der Waals surface area contributed by atoms with Gasteiger partial charge in [-0.25, -0.2) is 0 Å². The lowest BCUT2D eigenvalue weighted by molar-refractivity contribution is 0.291. The van der Waals surface area contributed by atoms with Crippen molar-refractivity contribution < 1.29 is 0 Å². The Morgan fingerprint density at radius 3 is 1.07 bits per heavy atom. The van der Waals surface area contributed by atoms with E-state index in [-0.39, 0.29) is 0 Å². The van der Waals surface area contributed by atoms with Crippen LogP contribution in [0.1, 0.15) is 168 Å². The van der Waals surface area contributed by atoms with Gasteiger partial charge in [-0.1, -0.05) is 187 Å². The molecule has 0 aliphatic rings. The van der Waals surface area contributed by atoms with E-state index in [2.05, 4.69) is 59.4 Å².